The Kier molecular flexibility index (Phi) is 7.87. The molecular formula is C56H40N4O2+2. The number of aromatic nitrogens is 4. The highest BCUT2D eigenvalue weighted by atomic mass is 16.3. The molecule has 2 aliphatic carbocycles. The third kappa shape index (κ3) is 5.10. The van der Waals surface area contributed by atoms with Crippen LogP contribution >= 0.6 is 0 Å². The van der Waals surface area contributed by atoms with Crippen molar-refractivity contribution in [2.75, 3.05) is 0 Å². The van der Waals surface area contributed by atoms with Gasteiger partial charge < -0.3 is 10.2 Å². The molecule has 0 fully saturated rings. The summed E-state index contributed by atoms with van der Waals surface area (Å²) < 4.78 is 7.67. The second kappa shape index (κ2) is 13.7. The third-order valence-corrected chi connectivity index (χ3v) is 12.9. The molecule has 10 aromatic rings. The summed E-state index contributed by atoms with van der Waals surface area (Å²) in [4.78, 5) is 0. The van der Waals surface area contributed by atoms with Gasteiger partial charge in [0.2, 0.25) is 0 Å². The van der Waals surface area contributed by atoms with Crippen LogP contribution in [-0.2, 0) is 14.1 Å². The molecular weight excluding hydrogens is 761 g/mol. The standard InChI is InChI=1S/C56H38N4O2/c1-57-49-29-11-13-31-51(49)59(55(57)61)53-33-47-41(37-19-5-3-17-35(37)39-21-7-9-23-45(39)53)25-15-27-43(47)44-28-16-26-42-38-20-6-4-18-36(38)40-22-8-10-24-46(40)54(34-48(42)44)60-52-32-14-12-30-50(52)58(2)56(60)62/h3-34H,1-2H3/p+2/b39-35-,40-36-,41-37-,42-38-,47-33+,48-34+,53-33?,53-45+,54-34?,54-46+. The average Bonchev–Trinajstić information content (AvgIpc) is 3.72. The highest BCUT2D eigenvalue weighted by Gasteiger charge is 2.27. The van der Waals surface area contributed by atoms with Gasteiger partial charge in [0, 0.05) is 10.4 Å². The van der Waals surface area contributed by atoms with Crippen molar-refractivity contribution in [3.63, 3.8) is 0 Å². The van der Waals surface area contributed by atoms with E-state index in [1.807, 2.05) is 68.8 Å². The fraction of sp³-hybridized carbons (Fsp3) is 0.0357. The average molecular weight is 801 g/mol. The molecule has 12 rings (SSSR count). The molecule has 0 saturated heterocycles. The Morgan fingerprint density at radius 3 is 1.00 bits per heavy atom. The molecule has 0 amide bonds. The fourth-order valence-electron chi connectivity index (χ4n) is 10.0. The van der Waals surface area contributed by atoms with Gasteiger partial charge in [0.15, 0.2) is 22.1 Å². The summed E-state index contributed by atoms with van der Waals surface area (Å²) in [5.74, 6) is 0. The highest BCUT2D eigenvalue weighted by molar-refractivity contribution is 5.83. The molecule has 0 atom stereocenters. The number of nitrogens with zero attached hydrogens (tertiary/aromatic N) is 4. The van der Waals surface area contributed by atoms with Crippen LogP contribution in [0.25, 0.3) is 56.7 Å². The minimum Gasteiger partial charge on any atom is -0.446 e. The number of fused-ring (bicyclic) bond motifs is 8. The third-order valence-electron chi connectivity index (χ3n) is 12.9. The number of hydrogen-bond donors (Lipinski definition) is 2. The van der Waals surface area contributed by atoms with E-state index in [0.717, 1.165) is 107 Å². The van der Waals surface area contributed by atoms with Crippen LogP contribution in [0.3, 0.4) is 0 Å². The number of benzene rings is 8. The molecule has 0 radical (unpaired) electrons. The SMILES string of the molecule is Cn1c(O)[n+](C2=c3\cccc\c3=c3/cccc/c3=c3\cccc(-c4cccc5/c4=C\C([n+]4c(O)n(C)c6ccccc64)=c4\cccc\c4=c4/cccc/c4=5)\c3=C\2)c2ccccc21. The van der Waals surface area contributed by atoms with Crippen molar-refractivity contribution < 1.29 is 19.3 Å². The molecule has 2 heterocycles. The maximum Gasteiger partial charge on any atom is 0.459 e. The van der Waals surface area contributed by atoms with Crippen LogP contribution < -0.4 is 30.0 Å². The summed E-state index contributed by atoms with van der Waals surface area (Å²) in [5, 5.41) is 37.1. The highest BCUT2D eigenvalue weighted by Crippen LogP contribution is 2.23. The first-order valence-electron chi connectivity index (χ1n) is 20.9. The van der Waals surface area contributed by atoms with E-state index in [2.05, 4.69) is 158 Å². The normalized spacial score (nSPS) is 17.8. The number of hydrogen-bond acceptors (Lipinski definition) is 2. The zero-order valence-corrected chi connectivity index (χ0v) is 34.2. The van der Waals surface area contributed by atoms with E-state index < -0.39 is 0 Å². The first-order chi connectivity index (χ1) is 30.5. The van der Waals surface area contributed by atoms with Gasteiger partial charge in [0.25, 0.3) is 0 Å². The molecule has 0 saturated carbocycles. The van der Waals surface area contributed by atoms with Gasteiger partial charge in [0.1, 0.15) is 11.4 Å². The van der Waals surface area contributed by atoms with Crippen molar-refractivity contribution in [2.24, 2.45) is 14.1 Å². The summed E-state index contributed by atoms with van der Waals surface area (Å²) in [6, 6.07) is 64.1. The second-order valence-electron chi connectivity index (χ2n) is 16.1. The van der Waals surface area contributed by atoms with Gasteiger partial charge in [-0.1, -0.05) is 158 Å². The number of aromatic hydroxyl groups is 2. The molecule has 0 spiro atoms. The minimum atomic E-state index is 0.139. The van der Waals surface area contributed by atoms with Crippen LogP contribution in [0.15, 0.2) is 182 Å². The van der Waals surface area contributed by atoms with E-state index in [-0.39, 0.29) is 12.0 Å². The van der Waals surface area contributed by atoms with Crippen molar-refractivity contribution in [3.05, 3.63) is 245 Å². The quantitative estimate of drug-likeness (QED) is 0.204. The van der Waals surface area contributed by atoms with Crippen molar-refractivity contribution in [2.45, 2.75) is 0 Å². The molecule has 2 aliphatic rings. The van der Waals surface area contributed by atoms with Gasteiger partial charge >= 0.3 is 12.0 Å². The number of rotatable bonds is 3. The molecule has 0 bridgehead atoms. The molecule has 2 N–H and O–H groups in total. The minimum absolute atomic E-state index is 0.139. The van der Waals surface area contributed by atoms with Crippen LogP contribution in [-0.4, -0.2) is 19.3 Å². The molecule has 2 aromatic heterocycles. The van der Waals surface area contributed by atoms with Crippen molar-refractivity contribution in [1.29, 1.82) is 0 Å². The monoisotopic (exact) mass is 800 g/mol. The van der Waals surface area contributed by atoms with Gasteiger partial charge in [-0.15, -0.1) is 0 Å². The van der Waals surface area contributed by atoms with Crippen molar-refractivity contribution in [1.82, 2.24) is 9.13 Å². The lowest BCUT2D eigenvalue weighted by molar-refractivity contribution is -0.559. The van der Waals surface area contributed by atoms with Crippen LogP contribution in [0.5, 0.6) is 12.0 Å². The lowest BCUT2D eigenvalue weighted by atomic mass is 9.94. The van der Waals surface area contributed by atoms with Gasteiger partial charge in [0.05, 0.1) is 14.1 Å². The summed E-state index contributed by atoms with van der Waals surface area (Å²) in [7, 11) is 3.82. The van der Waals surface area contributed by atoms with E-state index in [9.17, 15) is 10.2 Å². The molecule has 0 aliphatic heterocycles. The maximum absolute atomic E-state index is 12.1. The molecule has 62 heavy (non-hydrogen) atoms. The van der Waals surface area contributed by atoms with Crippen LogP contribution in [0, 0.1) is 41.7 Å². The predicted octanol–water partition coefficient (Wildman–Crippen LogP) is 6.37. The van der Waals surface area contributed by atoms with Gasteiger partial charge in [-0.3, -0.25) is 0 Å². The topological polar surface area (TPSA) is 58.1 Å². The van der Waals surface area contributed by atoms with Crippen LogP contribution in [0.4, 0.5) is 0 Å². The maximum atomic E-state index is 12.1. The van der Waals surface area contributed by atoms with E-state index >= 15 is 0 Å². The smallest absolute Gasteiger partial charge is 0.446 e. The summed E-state index contributed by atoms with van der Waals surface area (Å²) in [6.07, 6.45) is 4.54. The Labute approximate surface area is 354 Å². The van der Waals surface area contributed by atoms with E-state index in [0.29, 0.717) is 0 Å². The lowest BCUT2D eigenvalue weighted by Gasteiger charge is -2.12. The van der Waals surface area contributed by atoms with Crippen molar-refractivity contribution in [3.8, 4) is 23.1 Å². The number of imidazole rings is 2. The van der Waals surface area contributed by atoms with E-state index in [4.69, 9.17) is 0 Å². The van der Waals surface area contributed by atoms with Crippen molar-refractivity contribution >= 4 is 45.6 Å². The number of para-hydroxylation sites is 4. The zero-order valence-electron chi connectivity index (χ0n) is 34.2. The van der Waals surface area contributed by atoms with Gasteiger partial charge in [-0.2, -0.15) is 18.3 Å². The predicted molar refractivity (Wildman–Crippen MR) is 243 cm³/mol. The lowest BCUT2D eigenvalue weighted by Crippen LogP contribution is -2.38. The van der Waals surface area contributed by atoms with Crippen LogP contribution in [0.1, 0.15) is 0 Å². The molecule has 294 valence electrons. The first-order valence-corrected chi connectivity index (χ1v) is 20.9. The fourth-order valence-corrected chi connectivity index (χ4v) is 10.0. The Morgan fingerprint density at radius 1 is 0.323 bits per heavy atom. The summed E-state index contributed by atoms with van der Waals surface area (Å²) >= 11 is 0. The summed E-state index contributed by atoms with van der Waals surface area (Å²) in [6.45, 7) is 0. The van der Waals surface area contributed by atoms with E-state index in [1.165, 1.54) is 0 Å². The number of aryl methyl sites for hydroxylation is 2. The Bertz CT molecular complexity index is 4010. The molecule has 8 aromatic carbocycles. The Morgan fingerprint density at radius 2 is 0.613 bits per heavy atom. The molecule has 6 nitrogen and oxygen atoms in total. The van der Waals surface area contributed by atoms with Gasteiger partial charge in [-0.05, 0) is 99.7 Å². The molecule has 0 unspecified atom stereocenters. The van der Waals surface area contributed by atoms with E-state index in [1.54, 1.807) is 0 Å². The zero-order chi connectivity index (χ0) is 41.6. The molecule has 6 heteroatoms. The largest absolute Gasteiger partial charge is 0.459 e. The second-order valence-corrected chi connectivity index (χ2v) is 16.1. The van der Waals surface area contributed by atoms with Gasteiger partial charge in [-0.25, -0.2) is 0 Å². The summed E-state index contributed by atoms with van der Waals surface area (Å²) in [5.41, 5.74) is 7.47. The Balaban J connectivity index is 1.33. The Hall–Kier alpha value is -8.22. The first kappa shape index (κ1) is 35.7. The van der Waals surface area contributed by atoms with Crippen LogP contribution in [0.2, 0.25) is 0 Å².